The van der Waals surface area contributed by atoms with Gasteiger partial charge in [-0.15, -0.1) is 0 Å². The molecule has 1 saturated heterocycles. The highest BCUT2D eigenvalue weighted by Crippen LogP contribution is 2.49. The first-order valence-electron chi connectivity index (χ1n) is 11.0. The molecule has 3 heterocycles. The SMILES string of the molecule is CS(=O)(=O)N1CCc2c(C(=O)N3C[C@H]4CC(c5ccccc5C(F)(F)F)C[C@H]4C3)n[nH]c2C1. The predicted molar refractivity (Wildman–Crippen MR) is 114 cm³/mol. The van der Waals surface area contributed by atoms with Gasteiger partial charge in [0.05, 0.1) is 24.1 Å². The summed E-state index contributed by atoms with van der Waals surface area (Å²) in [6, 6.07) is 5.79. The fraction of sp³-hybridized carbons (Fsp3) is 0.545. The number of H-pyrrole nitrogens is 1. The molecule has 3 aliphatic rings. The van der Waals surface area contributed by atoms with Crippen LogP contribution in [-0.4, -0.2) is 59.6 Å². The minimum Gasteiger partial charge on any atom is -0.337 e. The zero-order chi connectivity index (χ0) is 23.5. The minimum atomic E-state index is -4.37. The maximum Gasteiger partial charge on any atom is 0.416 e. The summed E-state index contributed by atoms with van der Waals surface area (Å²) in [4.78, 5) is 14.9. The third-order valence-electron chi connectivity index (χ3n) is 7.31. The zero-order valence-electron chi connectivity index (χ0n) is 18.1. The number of halogens is 3. The number of alkyl halides is 3. The van der Waals surface area contributed by atoms with E-state index in [-0.39, 0.29) is 30.2 Å². The molecule has 5 rings (SSSR count). The lowest BCUT2D eigenvalue weighted by Crippen LogP contribution is -2.36. The molecule has 178 valence electrons. The number of hydrogen-bond acceptors (Lipinski definition) is 4. The summed E-state index contributed by atoms with van der Waals surface area (Å²) < 4.78 is 65.3. The second kappa shape index (κ2) is 7.83. The van der Waals surface area contributed by atoms with Crippen molar-refractivity contribution in [3.8, 4) is 0 Å². The van der Waals surface area contributed by atoms with Gasteiger partial charge in [-0.1, -0.05) is 18.2 Å². The van der Waals surface area contributed by atoms with E-state index in [1.54, 1.807) is 17.0 Å². The van der Waals surface area contributed by atoms with Gasteiger partial charge in [-0.05, 0) is 48.6 Å². The summed E-state index contributed by atoms with van der Waals surface area (Å²) in [5.74, 6) is -0.0244. The summed E-state index contributed by atoms with van der Waals surface area (Å²) in [6.07, 6.45) is -1.55. The first-order valence-corrected chi connectivity index (χ1v) is 12.8. The summed E-state index contributed by atoms with van der Waals surface area (Å²) in [7, 11) is -3.33. The Labute approximate surface area is 190 Å². The fourth-order valence-electron chi connectivity index (χ4n) is 5.73. The Kier molecular flexibility index (Phi) is 5.32. The number of carbonyl (C=O) groups excluding carboxylic acids is 1. The highest BCUT2D eigenvalue weighted by molar-refractivity contribution is 7.88. The Morgan fingerprint density at radius 3 is 2.45 bits per heavy atom. The number of sulfonamides is 1. The van der Waals surface area contributed by atoms with Gasteiger partial charge in [0, 0.05) is 25.2 Å². The van der Waals surface area contributed by atoms with E-state index in [4.69, 9.17) is 0 Å². The molecule has 1 aromatic heterocycles. The second-order valence-electron chi connectivity index (χ2n) is 9.36. The number of nitrogens with one attached hydrogen (secondary N) is 1. The van der Waals surface area contributed by atoms with Crippen LogP contribution >= 0.6 is 0 Å². The van der Waals surface area contributed by atoms with E-state index in [1.807, 2.05) is 0 Å². The summed E-state index contributed by atoms with van der Waals surface area (Å²) in [5.41, 5.74) is 1.52. The third kappa shape index (κ3) is 4.05. The number of fused-ring (bicyclic) bond motifs is 2. The van der Waals surface area contributed by atoms with Gasteiger partial charge in [0.15, 0.2) is 5.69 Å². The first kappa shape index (κ1) is 22.4. The van der Waals surface area contributed by atoms with E-state index in [9.17, 15) is 26.4 Å². The van der Waals surface area contributed by atoms with Crippen molar-refractivity contribution in [3.63, 3.8) is 0 Å². The van der Waals surface area contributed by atoms with Crippen LogP contribution in [-0.2, 0) is 29.2 Å². The van der Waals surface area contributed by atoms with Gasteiger partial charge in [0.25, 0.3) is 5.91 Å². The molecular weight excluding hydrogens is 457 g/mol. The molecule has 1 aliphatic carbocycles. The Morgan fingerprint density at radius 2 is 1.82 bits per heavy atom. The van der Waals surface area contributed by atoms with E-state index in [0.29, 0.717) is 55.8 Å². The topological polar surface area (TPSA) is 86.4 Å². The predicted octanol–water partition coefficient (Wildman–Crippen LogP) is 3.01. The molecule has 11 heteroatoms. The zero-order valence-corrected chi connectivity index (χ0v) is 18.9. The number of likely N-dealkylation sites (tertiary alicyclic amines) is 1. The highest BCUT2D eigenvalue weighted by atomic mass is 32.2. The number of carbonyl (C=O) groups is 1. The van der Waals surface area contributed by atoms with Crippen LogP contribution in [0.5, 0.6) is 0 Å². The molecule has 0 radical (unpaired) electrons. The van der Waals surface area contributed by atoms with Crippen LogP contribution in [0.2, 0.25) is 0 Å². The summed E-state index contributed by atoms with van der Waals surface area (Å²) in [6.45, 7) is 1.48. The molecule has 2 fully saturated rings. The quantitative estimate of drug-likeness (QED) is 0.729. The number of benzene rings is 1. The van der Waals surface area contributed by atoms with Crippen LogP contribution in [0, 0.1) is 11.8 Å². The standard InChI is InChI=1S/C22H25F3N4O3S/c1-33(31,32)29-7-6-17-19(12-29)26-27-20(17)21(30)28-10-14-8-13(9-15(14)11-28)16-4-2-3-5-18(16)22(23,24)25/h2-5,13-15H,6-12H2,1H3,(H,26,27)/t13?,14-,15+. The van der Waals surface area contributed by atoms with Gasteiger partial charge < -0.3 is 4.90 Å². The number of aromatic nitrogens is 2. The second-order valence-corrected chi connectivity index (χ2v) is 11.3. The van der Waals surface area contributed by atoms with Crippen LogP contribution in [0.4, 0.5) is 13.2 Å². The summed E-state index contributed by atoms with van der Waals surface area (Å²) >= 11 is 0. The molecule has 33 heavy (non-hydrogen) atoms. The van der Waals surface area contributed by atoms with Crippen molar-refractivity contribution in [2.45, 2.75) is 37.9 Å². The first-order chi connectivity index (χ1) is 15.5. The van der Waals surface area contributed by atoms with Gasteiger partial charge >= 0.3 is 6.18 Å². The average Bonchev–Trinajstić information content (AvgIpc) is 3.44. The van der Waals surface area contributed by atoms with Crippen molar-refractivity contribution in [3.05, 3.63) is 52.3 Å². The number of aromatic amines is 1. The van der Waals surface area contributed by atoms with Crippen molar-refractivity contribution in [2.75, 3.05) is 25.9 Å². The van der Waals surface area contributed by atoms with Crippen LogP contribution < -0.4 is 0 Å². The molecule has 1 N–H and O–H groups in total. The van der Waals surface area contributed by atoms with Gasteiger partial charge in [0.2, 0.25) is 10.0 Å². The molecule has 1 amide bonds. The Hall–Kier alpha value is -2.40. The lowest BCUT2D eigenvalue weighted by atomic mass is 9.91. The number of rotatable bonds is 3. The van der Waals surface area contributed by atoms with Crippen molar-refractivity contribution in [2.24, 2.45) is 11.8 Å². The molecule has 1 aromatic carbocycles. The van der Waals surface area contributed by atoms with Gasteiger partial charge in [-0.3, -0.25) is 9.89 Å². The molecule has 7 nitrogen and oxygen atoms in total. The number of amides is 1. The van der Waals surface area contributed by atoms with E-state index in [2.05, 4.69) is 10.2 Å². The molecule has 2 aromatic rings. The Morgan fingerprint density at radius 1 is 1.15 bits per heavy atom. The minimum absolute atomic E-state index is 0.157. The molecule has 1 saturated carbocycles. The van der Waals surface area contributed by atoms with Crippen molar-refractivity contribution < 1.29 is 26.4 Å². The van der Waals surface area contributed by atoms with Crippen LogP contribution in [0.25, 0.3) is 0 Å². The van der Waals surface area contributed by atoms with Crippen LogP contribution in [0.15, 0.2) is 24.3 Å². The molecule has 2 aliphatic heterocycles. The normalized spacial score (nSPS) is 25.8. The average molecular weight is 483 g/mol. The monoisotopic (exact) mass is 482 g/mol. The van der Waals surface area contributed by atoms with Crippen molar-refractivity contribution >= 4 is 15.9 Å². The number of nitrogens with zero attached hydrogens (tertiary/aromatic N) is 3. The molecule has 3 atom stereocenters. The third-order valence-corrected chi connectivity index (χ3v) is 8.56. The van der Waals surface area contributed by atoms with E-state index in [0.717, 1.165) is 17.9 Å². The smallest absolute Gasteiger partial charge is 0.337 e. The maximum atomic E-state index is 13.4. The fourth-order valence-corrected chi connectivity index (χ4v) is 6.52. The number of hydrogen-bond donors (Lipinski definition) is 1. The van der Waals surface area contributed by atoms with Crippen LogP contribution in [0.3, 0.4) is 0 Å². The Bertz CT molecular complexity index is 1180. The molecular formula is C22H25F3N4O3S. The lowest BCUT2D eigenvalue weighted by molar-refractivity contribution is -0.138. The molecule has 0 bridgehead atoms. The van der Waals surface area contributed by atoms with E-state index >= 15 is 0 Å². The lowest BCUT2D eigenvalue weighted by Gasteiger charge is -2.25. The molecule has 1 unspecified atom stereocenters. The van der Waals surface area contributed by atoms with Crippen LogP contribution in [0.1, 0.15) is 51.6 Å². The largest absolute Gasteiger partial charge is 0.416 e. The Balaban J connectivity index is 1.28. The van der Waals surface area contributed by atoms with E-state index in [1.165, 1.54) is 10.4 Å². The van der Waals surface area contributed by atoms with Gasteiger partial charge in [0.1, 0.15) is 0 Å². The van der Waals surface area contributed by atoms with E-state index < -0.39 is 21.8 Å². The van der Waals surface area contributed by atoms with Crippen molar-refractivity contribution in [1.82, 2.24) is 19.4 Å². The highest BCUT2D eigenvalue weighted by Gasteiger charge is 2.45. The summed E-state index contributed by atoms with van der Waals surface area (Å²) in [5, 5.41) is 7.01. The van der Waals surface area contributed by atoms with Gasteiger partial charge in [-0.2, -0.15) is 22.6 Å². The van der Waals surface area contributed by atoms with Crippen molar-refractivity contribution in [1.29, 1.82) is 0 Å². The maximum absolute atomic E-state index is 13.4. The van der Waals surface area contributed by atoms with Gasteiger partial charge in [-0.25, -0.2) is 8.42 Å². The molecule has 0 spiro atoms.